The Labute approximate surface area is 117 Å². The maximum atomic E-state index is 11.7. The van der Waals surface area contributed by atoms with Gasteiger partial charge in [-0.25, -0.2) is 0 Å². The lowest BCUT2D eigenvalue weighted by Crippen LogP contribution is -2.38. The van der Waals surface area contributed by atoms with E-state index in [4.69, 9.17) is 16.3 Å². The number of carbonyl (C=O) groups is 2. The molecule has 0 aliphatic heterocycles. The van der Waals surface area contributed by atoms with Crippen LogP contribution < -0.4 is 10.6 Å². The summed E-state index contributed by atoms with van der Waals surface area (Å²) in [6.07, 6.45) is 0. The Bertz CT molecular complexity index is 420. The number of rotatable bonds is 7. The number of halogens is 1. The van der Waals surface area contributed by atoms with Crippen molar-refractivity contribution in [1.82, 2.24) is 10.6 Å². The number of carbonyl (C=O) groups excluding carboxylic acids is 2. The molecule has 0 unspecified atom stereocenters. The molecule has 0 fully saturated rings. The van der Waals surface area contributed by atoms with Gasteiger partial charge in [-0.05, 0) is 17.7 Å². The molecule has 1 aromatic carbocycles. The number of nitrogens with one attached hydrogen (secondary N) is 2. The van der Waals surface area contributed by atoms with Gasteiger partial charge in [0.25, 0.3) is 5.91 Å². The van der Waals surface area contributed by atoms with Gasteiger partial charge in [0.15, 0.2) is 0 Å². The van der Waals surface area contributed by atoms with Crippen molar-refractivity contribution in [3.05, 3.63) is 35.4 Å². The van der Waals surface area contributed by atoms with Crippen molar-refractivity contribution in [3.63, 3.8) is 0 Å². The van der Waals surface area contributed by atoms with Gasteiger partial charge < -0.3 is 15.4 Å². The highest BCUT2D eigenvalue weighted by Gasteiger charge is 2.07. The lowest BCUT2D eigenvalue weighted by atomic mass is 10.1. The zero-order valence-electron chi connectivity index (χ0n) is 10.7. The number of alkyl halides is 1. The number of ether oxygens (including phenoxy) is 1. The summed E-state index contributed by atoms with van der Waals surface area (Å²) >= 11 is 5.66. The Hall–Kier alpha value is -1.59. The molecule has 0 saturated carbocycles. The second kappa shape index (κ2) is 8.50. The van der Waals surface area contributed by atoms with Crippen molar-refractivity contribution in [3.8, 4) is 0 Å². The minimum Gasteiger partial charge on any atom is -0.383 e. The maximum Gasteiger partial charge on any atom is 0.251 e. The third-order valence-electron chi connectivity index (χ3n) is 2.41. The van der Waals surface area contributed by atoms with Crippen LogP contribution in [-0.4, -0.2) is 38.6 Å². The summed E-state index contributed by atoms with van der Waals surface area (Å²) in [6.45, 7) is 0.814. The predicted molar refractivity (Wildman–Crippen MR) is 73.2 cm³/mol. The zero-order chi connectivity index (χ0) is 14.1. The fourth-order valence-corrected chi connectivity index (χ4v) is 1.54. The van der Waals surface area contributed by atoms with E-state index in [1.165, 1.54) is 0 Å². The van der Waals surface area contributed by atoms with Crippen LogP contribution in [0.25, 0.3) is 0 Å². The molecule has 0 bridgehead atoms. The monoisotopic (exact) mass is 284 g/mol. The van der Waals surface area contributed by atoms with E-state index in [1.54, 1.807) is 31.4 Å². The van der Waals surface area contributed by atoms with Crippen molar-refractivity contribution in [2.24, 2.45) is 0 Å². The van der Waals surface area contributed by atoms with Gasteiger partial charge >= 0.3 is 0 Å². The van der Waals surface area contributed by atoms with Crippen LogP contribution in [0.5, 0.6) is 0 Å². The van der Waals surface area contributed by atoms with E-state index < -0.39 is 0 Å². The van der Waals surface area contributed by atoms with Crippen LogP contribution in [0, 0.1) is 0 Å². The summed E-state index contributed by atoms with van der Waals surface area (Å²) in [5.74, 6) is -0.130. The third-order valence-corrected chi connectivity index (χ3v) is 2.72. The van der Waals surface area contributed by atoms with Crippen molar-refractivity contribution in [2.45, 2.75) is 5.88 Å². The molecule has 0 spiro atoms. The lowest BCUT2D eigenvalue weighted by molar-refractivity contribution is -0.120. The Kier molecular flexibility index (Phi) is 6.92. The van der Waals surface area contributed by atoms with Crippen molar-refractivity contribution in [2.75, 3.05) is 26.8 Å². The zero-order valence-corrected chi connectivity index (χ0v) is 11.5. The van der Waals surface area contributed by atoms with E-state index in [-0.39, 0.29) is 18.4 Å². The molecule has 6 heteroatoms. The second-order valence-electron chi connectivity index (χ2n) is 3.86. The molecule has 0 heterocycles. The molecule has 1 rings (SSSR count). The molecule has 19 heavy (non-hydrogen) atoms. The van der Waals surface area contributed by atoms with Gasteiger partial charge in [0.05, 0.1) is 13.2 Å². The minimum atomic E-state index is -0.289. The van der Waals surface area contributed by atoms with Crippen LogP contribution in [0.3, 0.4) is 0 Å². The molecular formula is C13H17ClN2O3. The number of methoxy groups -OCH3 is 1. The van der Waals surface area contributed by atoms with Crippen LogP contribution in [-0.2, 0) is 15.4 Å². The molecule has 2 N–H and O–H groups in total. The fourth-order valence-electron chi connectivity index (χ4n) is 1.36. The molecule has 5 nitrogen and oxygen atoms in total. The summed E-state index contributed by atoms with van der Waals surface area (Å²) < 4.78 is 4.80. The standard InChI is InChI=1S/C13H17ClN2O3/c1-19-7-6-15-12(17)9-16-13(18)11-4-2-10(8-14)3-5-11/h2-5H,6-9H2,1H3,(H,15,17)(H,16,18). The number of hydrogen-bond acceptors (Lipinski definition) is 3. The van der Waals surface area contributed by atoms with Gasteiger partial charge in [0.1, 0.15) is 0 Å². The van der Waals surface area contributed by atoms with Crippen LogP contribution >= 0.6 is 11.6 Å². The van der Waals surface area contributed by atoms with Crippen molar-refractivity contribution >= 4 is 23.4 Å². The lowest BCUT2D eigenvalue weighted by Gasteiger charge is -2.07. The van der Waals surface area contributed by atoms with Gasteiger partial charge in [-0.3, -0.25) is 9.59 Å². The average Bonchev–Trinajstić information content (AvgIpc) is 2.45. The van der Waals surface area contributed by atoms with Crippen LogP contribution in [0.2, 0.25) is 0 Å². The van der Waals surface area contributed by atoms with Crippen molar-refractivity contribution < 1.29 is 14.3 Å². The van der Waals surface area contributed by atoms with E-state index in [9.17, 15) is 9.59 Å². The molecule has 0 saturated heterocycles. The van der Waals surface area contributed by atoms with Gasteiger partial charge in [-0.1, -0.05) is 12.1 Å². The molecule has 104 valence electrons. The molecule has 0 aliphatic rings. The third kappa shape index (κ3) is 5.72. The molecular weight excluding hydrogens is 268 g/mol. The summed E-state index contributed by atoms with van der Waals surface area (Å²) in [7, 11) is 1.55. The molecule has 0 aliphatic carbocycles. The van der Waals surface area contributed by atoms with Gasteiger partial charge in [-0.15, -0.1) is 11.6 Å². The number of amides is 2. The molecule has 0 radical (unpaired) electrons. The van der Waals surface area contributed by atoms with Gasteiger partial charge in [0.2, 0.25) is 5.91 Å². The largest absolute Gasteiger partial charge is 0.383 e. The maximum absolute atomic E-state index is 11.7. The first-order chi connectivity index (χ1) is 9.17. The average molecular weight is 285 g/mol. The summed E-state index contributed by atoms with van der Waals surface area (Å²) in [4.78, 5) is 23.1. The first-order valence-electron chi connectivity index (χ1n) is 5.86. The van der Waals surface area contributed by atoms with Gasteiger partial charge in [-0.2, -0.15) is 0 Å². The van der Waals surface area contributed by atoms with Gasteiger partial charge in [0, 0.05) is 25.1 Å². The molecule has 1 aromatic rings. The first kappa shape index (κ1) is 15.5. The minimum absolute atomic E-state index is 0.0557. The quantitative estimate of drug-likeness (QED) is 0.578. The number of benzene rings is 1. The highest BCUT2D eigenvalue weighted by Crippen LogP contribution is 2.06. The van der Waals surface area contributed by atoms with Crippen LogP contribution in [0.1, 0.15) is 15.9 Å². The van der Waals surface area contributed by atoms with Crippen LogP contribution in [0.4, 0.5) is 0 Å². The number of hydrogen-bond donors (Lipinski definition) is 2. The van der Waals surface area contributed by atoms with Crippen molar-refractivity contribution in [1.29, 1.82) is 0 Å². The fraction of sp³-hybridized carbons (Fsp3) is 0.385. The Morgan fingerprint density at radius 1 is 1.21 bits per heavy atom. The SMILES string of the molecule is COCCNC(=O)CNC(=O)c1ccc(CCl)cc1. The summed E-state index contributed by atoms with van der Waals surface area (Å²) in [6, 6.07) is 6.91. The Balaban J connectivity index is 2.35. The second-order valence-corrected chi connectivity index (χ2v) is 4.12. The topological polar surface area (TPSA) is 67.4 Å². The van der Waals surface area contributed by atoms with Crippen LogP contribution in [0.15, 0.2) is 24.3 Å². The van der Waals surface area contributed by atoms with E-state index in [0.29, 0.717) is 24.6 Å². The normalized spacial score (nSPS) is 10.0. The predicted octanol–water partition coefficient (Wildman–Crippen LogP) is 0.918. The van der Waals surface area contributed by atoms with E-state index in [0.717, 1.165) is 5.56 Å². The Morgan fingerprint density at radius 2 is 1.89 bits per heavy atom. The smallest absolute Gasteiger partial charge is 0.251 e. The van der Waals surface area contributed by atoms with E-state index in [2.05, 4.69) is 10.6 Å². The molecule has 0 aromatic heterocycles. The van der Waals surface area contributed by atoms with E-state index in [1.807, 2.05) is 0 Å². The summed E-state index contributed by atoms with van der Waals surface area (Å²) in [5, 5.41) is 5.15. The molecule has 2 amide bonds. The van der Waals surface area contributed by atoms with E-state index >= 15 is 0 Å². The first-order valence-corrected chi connectivity index (χ1v) is 6.39. The summed E-state index contributed by atoms with van der Waals surface area (Å²) in [5.41, 5.74) is 1.44. The Morgan fingerprint density at radius 3 is 2.47 bits per heavy atom. The highest BCUT2D eigenvalue weighted by molar-refractivity contribution is 6.17. The highest BCUT2D eigenvalue weighted by atomic mass is 35.5. The molecule has 0 atom stereocenters.